The number of amides is 2. The standard InChI is InChI=1S/C27H38N2O4/c1-19(25(31)28-27(5,6)7)29(17-20-12-11-13-21(16-20)32-8)24(30)18-33-23-15-10-9-14-22(23)26(2,3)4/h9-16,19H,17-18H2,1-8H3,(H,28,31). The van der Waals surface area contributed by atoms with Gasteiger partial charge in [0.2, 0.25) is 5.91 Å². The smallest absolute Gasteiger partial charge is 0.261 e. The van der Waals surface area contributed by atoms with Gasteiger partial charge in [-0.25, -0.2) is 0 Å². The molecule has 6 heteroatoms. The van der Waals surface area contributed by atoms with E-state index in [1.807, 2.05) is 69.3 Å². The van der Waals surface area contributed by atoms with Gasteiger partial charge in [-0.3, -0.25) is 9.59 Å². The average Bonchev–Trinajstić information content (AvgIpc) is 2.73. The maximum Gasteiger partial charge on any atom is 0.261 e. The van der Waals surface area contributed by atoms with Gasteiger partial charge < -0.3 is 19.7 Å². The van der Waals surface area contributed by atoms with Crippen molar-refractivity contribution in [3.05, 3.63) is 59.7 Å². The molecule has 0 heterocycles. The zero-order valence-corrected chi connectivity index (χ0v) is 21.2. The molecule has 33 heavy (non-hydrogen) atoms. The number of hydrogen-bond donors (Lipinski definition) is 1. The molecule has 1 unspecified atom stereocenters. The van der Waals surface area contributed by atoms with Gasteiger partial charge in [0, 0.05) is 12.1 Å². The van der Waals surface area contributed by atoms with Gasteiger partial charge >= 0.3 is 0 Å². The molecule has 0 fully saturated rings. The largest absolute Gasteiger partial charge is 0.497 e. The summed E-state index contributed by atoms with van der Waals surface area (Å²) in [4.78, 5) is 27.8. The first-order chi connectivity index (χ1) is 15.3. The Bertz CT molecular complexity index is 957. The predicted octanol–water partition coefficient (Wildman–Crippen LogP) is 4.70. The van der Waals surface area contributed by atoms with Crippen LogP contribution in [0.4, 0.5) is 0 Å². The highest BCUT2D eigenvalue weighted by atomic mass is 16.5. The van der Waals surface area contributed by atoms with E-state index in [-0.39, 0.29) is 30.4 Å². The number of carbonyl (C=O) groups is 2. The number of benzene rings is 2. The lowest BCUT2D eigenvalue weighted by molar-refractivity contribution is -0.142. The monoisotopic (exact) mass is 454 g/mol. The van der Waals surface area contributed by atoms with Gasteiger partial charge in [0.15, 0.2) is 6.61 Å². The fourth-order valence-corrected chi connectivity index (χ4v) is 3.46. The molecule has 180 valence electrons. The summed E-state index contributed by atoms with van der Waals surface area (Å²) in [6, 6.07) is 14.5. The highest BCUT2D eigenvalue weighted by Gasteiger charge is 2.29. The third kappa shape index (κ3) is 7.81. The molecule has 0 aromatic heterocycles. The molecule has 0 aliphatic heterocycles. The topological polar surface area (TPSA) is 67.9 Å². The van der Waals surface area contributed by atoms with Crippen LogP contribution in [-0.2, 0) is 21.5 Å². The Morgan fingerprint density at radius 1 is 1.00 bits per heavy atom. The third-order valence-electron chi connectivity index (χ3n) is 5.20. The third-order valence-corrected chi connectivity index (χ3v) is 5.20. The van der Waals surface area contributed by atoms with E-state index in [1.165, 1.54) is 0 Å². The van der Waals surface area contributed by atoms with Crippen LogP contribution in [0.15, 0.2) is 48.5 Å². The Hall–Kier alpha value is -3.02. The summed E-state index contributed by atoms with van der Waals surface area (Å²) >= 11 is 0. The minimum atomic E-state index is -0.676. The molecule has 2 aromatic carbocycles. The maximum atomic E-state index is 13.3. The molecular weight excluding hydrogens is 416 g/mol. The summed E-state index contributed by atoms with van der Waals surface area (Å²) < 4.78 is 11.3. The van der Waals surface area contributed by atoms with Crippen LogP contribution >= 0.6 is 0 Å². The number of ether oxygens (including phenoxy) is 2. The molecule has 0 saturated carbocycles. The van der Waals surface area contributed by atoms with Crippen molar-refractivity contribution in [2.75, 3.05) is 13.7 Å². The van der Waals surface area contributed by atoms with Crippen LogP contribution in [0.1, 0.15) is 59.6 Å². The number of methoxy groups -OCH3 is 1. The predicted molar refractivity (Wildman–Crippen MR) is 132 cm³/mol. The van der Waals surface area contributed by atoms with Crippen LogP contribution in [0, 0.1) is 0 Å². The van der Waals surface area contributed by atoms with Gasteiger partial charge in [-0.05, 0) is 62.4 Å². The second-order valence-corrected chi connectivity index (χ2v) is 10.3. The molecule has 2 aromatic rings. The van der Waals surface area contributed by atoms with Crippen LogP contribution in [0.3, 0.4) is 0 Å². The molecule has 1 atom stereocenters. The number of carbonyl (C=O) groups excluding carboxylic acids is 2. The maximum absolute atomic E-state index is 13.3. The summed E-state index contributed by atoms with van der Waals surface area (Å²) in [7, 11) is 1.60. The van der Waals surface area contributed by atoms with E-state index in [0.29, 0.717) is 11.5 Å². The fourth-order valence-electron chi connectivity index (χ4n) is 3.46. The zero-order valence-electron chi connectivity index (χ0n) is 21.2. The molecule has 0 saturated heterocycles. The number of para-hydroxylation sites is 1. The number of nitrogens with zero attached hydrogens (tertiary/aromatic N) is 1. The van der Waals surface area contributed by atoms with E-state index >= 15 is 0 Å². The summed E-state index contributed by atoms with van der Waals surface area (Å²) in [5, 5.41) is 2.97. The van der Waals surface area contributed by atoms with Gasteiger partial charge in [-0.15, -0.1) is 0 Å². The molecule has 0 aliphatic carbocycles. The van der Waals surface area contributed by atoms with Crippen molar-refractivity contribution < 1.29 is 19.1 Å². The minimum Gasteiger partial charge on any atom is -0.497 e. The SMILES string of the molecule is COc1cccc(CN(C(=O)COc2ccccc2C(C)(C)C)C(C)C(=O)NC(C)(C)C)c1. The van der Waals surface area contributed by atoms with Crippen LogP contribution in [0.5, 0.6) is 11.5 Å². The van der Waals surface area contributed by atoms with Gasteiger partial charge in [-0.1, -0.05) is 51.1 Å². The van der Waals surface area contributed by atoms with Crippen LogP contribution < -0.4 is 14.8 Å². The van der Waals surface area contributed by atoms with Crippen molar-refractivity contribution in [2.24, 2.45) is 0 Å². The Morgan fingerprint density at radius 3 is 2.27 bits per heavy atom. The number of nitrogens with one attached hydrogen (secondary N) is 1. The first-order valence-electron chi connectivity index (χ1n) is 11.3. The summed E-state index contributed by atoms with van der Waals surface area (Å²) in [6.45, 7) is 13.9. The summed E-state index contributed by atoms with van der Waals surface area (Å²) in [5.41, 5.74) is 1.36. The highest BCUT2D eigenvalue weighted by molar-refractivity contribution is 5.88. The van der Waals surface area contributed by atoms with E-state index in [0.717, 1.165) is 11.1 Å². The lowest BCUT2D eigenvalue weighted by atomic mass is 9.86. The molecule has 0 radical (unpaired) electrons. The van der Waals surface area contributed by atoms with Crippen LogP contribution in [0.25, 0.3) is 0 Å². The first kappa shape index (κ1) is 26.2. The molecule has 0 aliphatic rings. The first-order valence-corrected chi connectivity index (χ1v) is 11.3. The Balaban J connectivity index is 2.27. The normalized spacial score (nSPS) is 12.6. The molecule has 2 rings (SSSR count). The molecular formula is C27H38N2O4. The van der Waals surface area contributed by atoms with Crippen molar-refractivity contribution in [3.63, 3.8) is 0 Å². The number of rotatable bonds is 8. The summed E-state index contributed by atoms with van der Waals surface area (Å²) in [5.74, 6) is 0.889. The Labute approximate surface area is 198 Å². The van der Waals surface area contributed by atoms with Gasteiger partial charge in [0.25, 0.3) is 5.91 Å². The van der Waals surface area contributed by atoms with Crippen LogP contribution in [0.2, 0.25) is 0 Å². The lowest BCUT2D eigenvalue weighted by Crippen LogP contribution is -2.53. The number of hydrogen-bond acceptors (Lipinski definition) is 4. The Morgan fingerprint density at radius 2 is 1.67 bits per heavy atom. The van der Waals surface area contributed by atoms with E-state index in [1.54, 1.807) is 18.9 Å². The quantitative estimate of drug-likeness (QED) is 0.628. The lowest BCUT2D eigenvalue weighted by Gasteiger charge is -2.31. The van der Waals surface area contributed by atoms with E-state index in [4.69, 9.17) is 9.47 Å². The van der Waals surface area contributed by atoms with Gasteiger partial charge in [0.1, 0.15) is 17.5 Å². The molecule has 1 N–H and O–H groups in total. The van der Waals surface area contributed by atoms with Gasteiger partial charge in [0.05, 0.1) is 7.11 Å². The van der Waals surface area contributed by atoms with Crippen molar-refractivity contribution in [1.82, 2.24) is 10.2 Å². The van der Waals surface area contributed by atoms with Crippen LogP contribution in [-0.4, -0.2) is 42.0 Å². The highest BCUT2D eigenvalue weighted by Crippen LogP contribution is 2.31. The second-order valence-electron chi connectivity index (χ2n) is 10.3. The fraction of sp³-hybridized carbons (Fsp3) is 0.481. The van der Waals surface area contributed by atoms with Crippen molar-refractivity contribution in [1.29, 1.82) is 0 Å². The second kappa shape index (κ2) is 10.7. The molecule has 0 bridgehead atoms. The van der Waals surface area contributed by atoms with Crippen molar-refractivity contribution in [2.45, 2.75) is 72.0 Å². The van der Waals surface area contributed by atoms with E-state index in [2.05, 4.69) is 26.1 Å². The Kier molecular flexibility index (Phi) is 8.53. The average molecular weight is 455 g/mol. The van der Waals surface area contributed by atoms with Gasteiger partial charge in [-0.2, -0.15) is 0 Å². The van der Waals surface area contributed by atoms with Crippen molar-refractivity contribution >= 4 is 11.8 Å². The minimum absolute atomic E-state index is 0.125. The zero-order chi connectivity index (χ0) is 24.8. The van der Waals surface area contributed by atoms with Crippen molar-refractivity contribution in [3.8, 4) is 11.5 Å². The molecule has 2 amide bonds. The molecule has 6 nitrogen and oxygen atoms in total. The van der Waals surface area contributed by atoms with E-state index < -0.39 is 11.6 Å². The summed E-state index contributed by atoms with van der Waals surface area (Å²) in [6.07, 6.45) is 0. The molecule has 0 spiro atoms. The van der Waals surface area contributed by atoms with E-state index in [9.17, 15) is 9.59 Å².